The highest BCUT2D eigenvalue weighted by Gasteiger charge is 2.35. The summed E-state index contributed by atoms with van der Waals surface area (Å²) in [4.78, 5) is 33.8. The lowest BCUT2D eigenvalue weighted by Gasteiger charge is -2.45. The van der Waals surface area contributed by atoms with E-state index in [0.717, 1.165) is 40.2 Å². The van der Waals surface area contributed by atoms with Crippen LogP contribution in [0, 0.1) is 0 Å². The fourth-order valence-corrected chi connectivity index (χ4v) is 4.62. The van der Waals surface area contributed by atoms with Gasteiger partial charge in [-0.2, -0.15) is 0 Å². The maximum absolute atomic E-state index is 12.1. The van der Waals surface area contributed by atoms with E-state index in [1.54, 1.807) is 12.3 Å². The Labute approximate surface area is 190 Å². The minimum absolute atomic E-state index is 0.124. The van der Waals surface area contributed by atoms with E-state index in [2.05, 4.69) is 19.8 Å². The van der Waals surface area contributed by atoms with Gasteiger partial charge in [-0.3, -0.25) is 4.98 Å². The van der Waals surface area contributed by atoms with Gasteiger partial charge in [0.05, 0.1) is 50.0 Å². The van der Waals surface area contributed by atoms with Gasteiger partial charge in [0, 0.05) is 41.9 Å². The lowest BCUT2D eigenvalue weighted by atomic mass is 10.1. The summed E-state index contributed by atoms with van der Waals surface area (Å²) in [6.45, 7) is 2.70. The molecule has 4 aromatic rings. The first-order chi connectivity index (χ1) is 16.2. The fraction of sp³-hybridized carbons (Fsp3) is 0.250. The summed E-state index contributed by atoms with van der Waals surface area (Å²) >= 11 is 0. The van der Waals surface area contributed by atoms with Crippen LogP contribution in [0.4, 0.5) is 17.2 Å². The lowest BCUT2D eigenvalue weighted by Crippen LogP contribution is -2.54. The summed E-state index contributed by atoms with van der Waals surface area (Å²) in [6.07, 6.45) is 7.03. The van der Waals surface area contributed by atoms with Crippen molar-refractivity contribution in [3.8, 4) is 11.4 Å². The van der Waals surface area contributed by atoms with Gasteiger partial charge in [0.15, 0.2) is 11.6 Å². The normalized spacial score (nSPS) is 17.5. The zero-order chi connectivity index (χ0) is 22.4. The third-order valence-electron chi connectivity index (χ3n) is 6.23. The van der Waals surface area contributed by atoms with Crippen molar-refractivity contribution in [2.45, 2.75) is 6.04 Å². The van der Waals surface area contributed by atoms with Crippen molar-refractivity contribution in [1.29, 1.82) is 0 Å². The van der Waals surface area contributed by atoms with Crippen molar-refractivity contribution in [3.05, 3.63) is 60.7 Å². The standard InChI is InChI=1S/C24H22N6O3/c1-32-24(31)15-9-16(11-25-10-15)30-13-17-14-33-8-7-29(17)23-21(30)12-27-22(28-23)19-3-2-4-20-18(19)5-6-26-20/h2-6,9-12,17,26H,7-8,13-14H2,1H3/t17-/m1/s1. The molecule has 9 heteroatoms. The number of carbonyl (C=O) groups excluding carboxylic acids is 1. The largest absolute Gasteiger partial charge is 0.465 e. The predicted molar refractivity (Wildman–Crippen MR) is 124 cm³/mol. The first kappa shape index (κ1) is 19.7. The Hall–Kier alpha value is -3.98. The first-order valence-corrected chi connectivity index (χ1v) is 10.8. The van der Waals surface area contributed by atoms with Crippen LogP contribution in [0.25, 0.3) is 22.3 Å². The second-order valence-corrected chi connectivity index (χ2v) is 8.10. The van der Waals surface area contributed by atoms with Gasteiger partial charge < -0.3 is 24.3 Å². The van der Waals surface area contributed by atoms with Crippen LogP contribution in [0.2, 0.25) is 0 Å². The van der Waals surface area contributed by atoms with E-state index < -0.39 is 5.97 Å². The zero-order valence-corrected chi connectivity index (χ0v) is 18.1. The van der Waals surface area contributed by atoms with E-state index >= 15 is 0 Å². The summed E-state index contributed by atoms with van der Waals surface area (Å²) in [5, 5.41) is 1.08. The number of carbonyl (C=O) groups is 1. The molecule has 0 saturated carbocycles. The van der Waals surface area contributed by atoms with Crippen LogP contribution in [0.5, 0.6) is 0 Å². The van der Waals surface area contributed by atoms with Crippen molar-refractivity contribution in [2.24, 2.45) is 0 Å². The lowest BCUT2D eigenvalue weighted by molar-refractivity contribution is 0.0600. The van der Waals surface area contributed by atoms with Crippen LogP contribution in [-0.2, 0) is 9.47 Å². The minimum Gasteiger partial charge on any atom is -0.465 e. The molecular weight excluding hydrogens is 420 g/mol. The molecule has 166 valence electrons. The van der Waals surface area contributed by atoms with Crippen LogP contribution >= 0.6 is 0 Å². The van der Waals surface area contributed by atoms with Gasteiger partial charge in [0.2, 0.25) is 0 Å². The second-order valence-electron chi connectivity index (χ2n) is 8.10. The molecule has 0 amide bonds. The Balaban J connectivity index is 1.48. The van der Waals surface area contributed by atoms with Crippen molar-refractivity contribution >= 4 is 34.1 Å². The van der Waals surface area contributed by atoms with Crippen molar-refractivity contribution in [1.82, 2.24) is 19.9 Å². The number of hydrogen-bond acceptors (Lipinski definition) is 8. The number of aromatic amines is 1. The highest BCUT2D eigenvalue weighted by Crippen LogP contribution is 2.40. The molecule has 1 saturated heterocycles. The number of nitrogens with one attached hydrogen (secondary N) is 1. The van der Waals surface area contributed by atoms with Gasteiger partial charge in [-0.15, -0.1) is 0 Å². The molecule has 2 aliphatic heterocycles. The molecule has 1 fully saturated rings. The molecule has 0 bridgehead atoms. The quantitative estimate of drug-likeness (QED) is 0.484. The molecule has 0 unspecified atom stereocenters. The third-order valence-corrected chi connectivity index (χ3v) is 6.23. The number of methoxy groups -OCH3 is 1. The Morgan fingerprint density at radius 1 is 1.24 bits per heavy atom. The average molecular weight is 442 g/mol. The molecule has 5 heterocycles. The van der Waals surface area contributed by atoms with Gasteiger partial charge in [0.1, 0.15) is 5.69 Å². The summed E-state index contributed by atoms with van der Waals surface area (Å²) in [5.41, 5.74) is 4.09. The number of ether oxygens (including phenoxy) is 2. The molecule has 9 nitrogen and oxygen atoms in total. The number of anilines is 3. The molecular formula is C24H22N6O3. The van der Waals surface area contributed by atoms with E-state index in [4.69, 9.17) is 19.4 Å². The number of rotatable bonds is 3. The molecule has 1 N–H and O–H groups in total. The number of esters is 1. The number of morpholine rings is 1. The maximum atomic E-state index is 12.1. The molecule has 6 rings (SSSR count). The Morgan fingerprint density at radius 2 is 2.18 bits per heavy atom. The number of pyridine rings is 1. The summed E-state index contributed by atoms with van der Waals surface area (Å²) in [6, 6.07) is 10.0. The smallest absolute Gasteiger partial charge is 0.339 e. The minimum atomic E-state index is -0.421. The van der Waals surface area contributed by atoms with Gasteiger partial charge in [-0.1, -0.05) is 12.1 Å². The fourth-order valence-electron chi connectivity index (χ4n) is 4.62. The highest BCUT2D eigenvalue weighted by atomic mass is 16.5. The second kappa shape index (κ2) is 7.86. The number of benzene rings is 1. The highest BCUT2D eigenvalue weighted by molar-refractivity contribution is 5.94. The Bertz CT molecular complexity index is 1350. The van der Waals surface area contributed by atoms with E-state index in [0.29, 0.717) is 31.1 Å². The summed E-state index contributed by atoms with van der Waals surface area (Å²) < 4.78 is 10.6. The molecule has 1 aromatic carbocycles. The molecule has 0 spiro atoms. The van der Waals surface area contributed by atoms with Crippen molar-refractivity contribution in [3.63, 3.8) is 0 Å². The van der Waals surface area contributed by atoms with Crippen molar-refractivity contribution < 1.29 is 14.3 Å². The van der Waals surface area contributed by atoms with E-state index in [1.165, 1.54) is 13.3 Å². The third kappa shape index (κ3) is 3.28. The first-order valence-electron chi connectivity index (χ1n) is 10.8. The molecule has 33 heavy (non-hydrogen) atoms. The average Bonchev–Trinajstić information content (AvgIpc) is 3.36. The van der Waals surface area contributed by atoms with E-state index in [1.807, 2.05) is 36.7 Å². The Morgan fingerprint density at radius 3 is 3.09 bits per heavy atom. The van der Waals surface area contributed by atoms with Crippen LogP contribution in [0.15, 0.2) is 55.1 Å². The van der Waals surface area contributed by atoms with E-state index in [-0.39, 0.29) is 6.04 Å². The van der Waals surface area contributed by atoms with Gasteiger partial charge in [-0.25, -0.2) is 14.8 Å². The number of H-pyrrole nitrogens is 1. The van der Waals surface area contributed by atoms with E-state index in [9.17, 15) is 4.79 Å². The summed E-state index contributed by atoms with van der Waals surface area (Å²) in [7, 11) is 1.36. The van der Waals surface area contributed by atoms with Gasteiger partial charge in [0.25, 0.3) is 0 Å². The number of nitrogens with zero attached hydrogens (tertiary/aromatic N) is 5. The number of hydrogen-bond donors (Lipinski definition) is 1. The van der Waals surface area contributed by atoms with Crippen LogP contribution in [-0.4, -0.2) is 65.4 Å². The Kier molecular flexibility index (Phi) is 4.69. The molecule has 3 aromatic heterocycles. The van der Waals surface area contributed by atoms with Crippen LogP contribution in [0.3, 0.4) is 0 Å². The van der Waals surface area contributed by atoms with Crippen molar-refractivity contribution in [2.75, 3.05) is 43.2 Å². The topological polar surface area (TPSA) is 96.5 Å². The maximum Gasteiger partial charge on any atom is 0.339 e. The molecule has 1 atom stereocenters. The molecule has 0 radical (unpaired) electrons. The van der Waals surface area contributed by atoms with Crippen LogP contribution in [0.1, 0.15) is 10.4 Å². The zero-order valence-electron chi connectivity index (χ0n) is 18.1. The SMILES string of the molecule is COC(=O)c1cncc(N2C[C@@H]3COCCN3c3nc(-c4cccc5[nH]ccc45)ncc32)c1. The van der Waals surface area contributed by atoms with Gasteiger partial charge >= 0.3 is 5.97 Å². The molecule has 0 aliphatic carbocycles. The van der Waals surface area contributed by atoms with Gasteiger partial charge in [-0.05, 0) is 18.2 Å². The summed E-state index contributed by atoms with van der Waals surface area (Å²) in [5.74, 6) is 1.11. The van der Waals surface area contributed by atoms with Crippen LogP contribution < -0.4 is 9.80 Å². The monoisotopic (exact) mass is 442 g/mol. The predicted octanol–water partition coefficient (Wildman–Crippen LogP) is 3.16. The number of aromatic nitrogens is 4. The number of fused-ring (bicyclic) bond motifs is 4. The molecule has 2 aliphatic rings.